The number of amides is 1. The Morgan fingerprint density at radius 2 is 1.84 bits per heavy atom. The molecule has 4 aromatic rings. The number of nitrogens with one attached hydrogen (secondary N) is 1. The van der Waals surface area contributed by atoms with Gasteiger partial charge in [-0.05, 0) is 62.6 Å². The maximum absolute atomic E-state index is 13.0. The van der Waals surface area contributed by atoms with Crippen LogP contribution < -0.4 is 5.32 Å². The lowest BCUT2D eigenvalue weighted by molar-refractivity contribution is -0.115. The van der Waals surface area contributed by atoms with Gasteiger partial charge in [-0.2, -0.15) is 0 Å². The molecule has 1 amide bonds. The van der Waals surface area contributed by atoms with E-state index >= 15 is 0 Å². The molecule has 0 aliphatic carbocycles. The van der Waals surface area contributed by atoms with Gasteiger partial charge in [0, 0.05) is 21.4 Å². The van der Waals surface area contributed by atoms with Crippen molar-refractivity contribution in [3.8, 4) is 11.3 Å². The molecular weight excluding hydrogens is 458 g/mol. The molecule has 1 atom stereocenters. The van der Waals surface area contributed by atoms with Crippen LogP contribution in [-0.4, -0.2) is 21.1 Å². The van der Waals surface area contributed by atoms with Gasteiger partial charge < -0.3 is 5.32 Å². The lowest BCUT2D eigenvalue weighted by atomic mass is 10.0. The third-order valence-corrected chi connectivity index (χ3v) is 7.52. The molecule has 1 unspecified atom stereocenters. The van der Waals surface area contributed by atoms with Crippen LogP contribution in [0.4, 0.5) is 5.13 Å². The molecule has 32 heavy (non-hydrogen) atoms. The molecule has 2 heterocycles. The van der Waals surface area contributed by atoms with E-state index in [0.717, 1.165) is 27.4 Å². The molecule has 0 saturated carbocycles. The van der Waals surface area contributed by atoms with Crippen LogP contribution in [0.1, 0.15) is 30.0 Å². The van der Waals surface area contributed by atoms with Crippen molar-refractivity contribution >= 4 is 56.6 Å². The third kappa shape index (κ3) is 4.98. The predicted octanol–water partition coefficient (Wildman–Crippen LogP) is 7.45. The highest BCUT2D eigenvalue weighted by Crippen LogP contribution is 2.31. The Labute approximate surface area is 201 Å². The number of fused-ring (bicyclic) bond motifs is 1. The van der Waals surface area contributed by atoms with Crippen molar-refractivity contribution < 1.29 is 4.79 Å². The fourth-order valence-electron chi connectivity index (χ4n) is 3.61. The van der Waals surface area contributed by atoms with E-state index in [0.29, 0.717) is 16.6 Å². The van der Waals surface area contributed by atoms with Crippen LogP contribution in [0.25, 0.3) is 22.2 Å². The summed E-state index contributed by atoms with van der Waals surface area (Å²) in [6, 6.07) is 13.9. The van der Waals surface area contributed by atoms with Gasteiger partial charge in [0.2, 0.25) is 5.91 Å². The minimum atomic E-state index is -0.256. The Bertz CT molecular complexity index is 1280. The Morgan fingerprint density at radius 3 is 2.56 bits per heavy atom. The molecule has 7 heteroatoms. The molecule has 164 valence electrons. The van der Waals surface area contributed by atoms with Gasteiger partial charge in [-0.25, -0.2) is 9.97 Å². The molecule has 0 saturated heterocycles. The minimum absolute atomic E-state index is 0.0605. The first-order valence-corrected chi connectivity index (χ1v) is 12.6. The highest BCUT2D eigenvalue weighted by atomic mass is 35.5. The second-order valence-electron chi connectivity index (χ2n) is 7.80. The molecule has 2 aromatic heterocycles. The smallest absolute Gasteiger partial charge is 0.239 e. The quantitative estimate of drug-likeness (QED) is 0.290. The van der Waals surface area contributed by atoms with Crippen LogP contribution >= 0.6 is 34.7 Å². The van der Waals surface area contributed by atoms with Crippen molar-refractivity contribution in [1.82, 2.24) is 9.97 Å². The fourth-order valence-corrected chi connectivity index (χ4v) is 5.47. The standard InChI is InChI=1S/C25H24ClN3OS2/c1-5-21(32-22-12-15(3)19-11-14(2)10-16(4)23(19)28-22)24(30)29-25-27-20(13-31-25)17-6-8-18(26)9-7-17/h6-13,21H,5H2,1-4H3,(H,27,29,30). The Balaban J connectivity index is 1.51. The van der Waals surface area contributed by atoms with E-state index < -0.39 is 0 Å². The third-order valence-electron chi connectivity index (χ3n) is 5.23. The van der Waals surface area contributed by atoms with E-state index in [2.05, 4.69) is 49.3 Å². The molecular formula is C25H24ClN3OS2. The number of halogens is 1. The lowest BCUT2D eigenvalue weighted by Crippen LogP contribution is -2.24. The first-order chi connectivity index (χ1) is 15.3. The molecule has 0 bridgehead atoms. The van der Waals surface area contributed by atoms with E-state index in [1.54, 1.807) is 0 Å². The van der Waals surface area contributed by atoms with Gasteiger partial charge in [0.05, 0.1) is 21.5 Å². The zero-order chi connectivity index (χ0) is 22.8. The van der Waals surface area contributed by atoms with Crippen molar-refractivity contribution in [3.63, 3.8) is 0 Å². The fraction of sp³-hybridized carbons (Fsp3) is 0.240. The monoisotopic (exact) mass is 481 g/mol. The SMILES string of the molecule is CCC(Sc1cc(C)c2cc(C)cc(C)c2n1)C(=O)Nc1nc(-c2ccc(Cl)cc2)cs1. The van der Waals surface area contributed by atoms with Crippen molar-refractivity contribution in [1.29, 1.82) is 0 Å². The Hall–Kier alpha value is -2.41. The number of anilines is 1. The average molecular weight is 482 g/mol. The number of hydrogen-bond acceptors (Lipinski definition) is 5. The summed E-state index contributed by atoms with van der Waals surface area (Å²) in [5.74, 6) is -0.0605. The first kappa shape index (κ1) is 22.8. The summed E-state index contributed by atoms with van der Waals surface area (Å²) in [5.41, 5.74) is 6.34. The molecule has 0 aliphatic rings. The first-order valence-electron chi connectivity index (χ1n) is 10.4. The molecule has 0 aliphatic heterocycles. The highest BCUT2D eigenvalue weighted by Gasteiger charge is 2.21. The van der Waals surface area contributed by atoms with E-state index in [-0.39, 0.29) is 11.2 Å². The van der Waals surface area contributed by atoms with Crippen molar-refractivity contribution in [2.45, 2.75) is 44.4 Å². The van der Waals surface area contributed by atoms with Crippen LogP contribution in [0, 0.1) is 20.8 Å². The van der Waals surface area contributed by atoms with Crippen LogP contribution in [0.5, 0.6) is 0 Å². The summed E-state index contributed by atoms with van der Waals surface area (Å²) in [7, 11) is 0. The Morgan fingerprint density at radius 1 is 1.09 bits per heavy atom. The average Bonchev–Trinajstić information content (AvgIpc) is 3.21. The number of nitrogens with zero attached hydrogens (tertiary/aromatic N) is 2. The number of carbonyl (C=O) groups excluding carboxylic acids is 1. The zero-order valence-electron chi connectivity index (χ0n) is 18.4. The number of carbonyl (C=O) groups is 1. The second kappa shape index (κ2) is 9.61. The molecule has 0 fully saturated rings. The van der Waals surface area contributed by atoms with Crippen LogP contribution in [0.15, 0.2) is 52.9 Å². The van der Waals surface area contributed by atoms with Gasteiger partial charge in [0.1, 0.15) is 0 Å². The number of thiazole rings is 1. The van der Waals surface area contributed by atoms with Gasteiger partial charge >= 0.3 is 0 Å². The van der Waals surface area contributed by atoms with Gasteiger partial charge in [-0.15, -0.1) is 11.3 Å². The molecule has 0 radical (unpaired) electrons. The highest BCUT2D eigenvalue weighted by molar-refractivity contribution is 8.00. The number of benzene rings is 2. The van der Waals surface area contributed by atoms with Crippen molar-refractivity contribution in [3.05, 3.63) is 69.6 Å². The number of rotatable bonds is 6. The van der Waals surface area contributed by atoms with Crippen molar-refractivity contribution in [2.75, 3.05) is 5.32 Å². The van der Waals surface area contributed by atoms with Gasteiger partial charge in [-0.3, -0.25) is 4.79 Å². The largest absolute Gasteiger partial charge is 0.301 e. The summed E-state index contributed by atoms with van der Waals surface area (Å²) in [5, 5.41) is 7.97. The van der Waals surface area contributed by atoms with Crippen molar-refractivity contribution in [2.24, 2.45) is 0 Å². The van der Waals surface area contributed by atoms with E-state index in [4.69, 9.17) is 16.6 Å². The maximum atomic E-state index is 13.0. The van der Waals surface area contributed by atoms with Crippen LogP contribution in [0.3, 0.4) is 0 Å². The van der Waals surface area contributed by atoms with Crippen LogP contribution in [0.2, 0.25) is 5.02 Å². The molecule has 4 nitrogen and oxygen atoms in total. The minimum Gasteiger partial charge on any atom is -0.301 e. The van der Waals surface area contributed by atoms with Gasteiger partial charge in [0.15, 0.2) is 5.13 Å². The van der Waals surface area contributed by atoms with Gasteiger partial charge in [-0.1, -0.05) is 54.0 Å². The van der Waals surface area contributed by atoms with Crippen LogP contribution in [-0.2, 0) is 4.79 Å². The molecule has 0 spiro atoms. The lowest BCUT2D eigenvalue weighted by Gasteiger charge is -2.15. The summed E-state index contributed by atoms with van der Waals surface area (Å²) < 4.78 is 0. The molecule has 4 rings (SSSR count). The number of pyridine rings is 1. The van der Waals surface area contributed by atoms with E-state index in [1.165, 1.54) is 39.6 Å². The Kier molecular flexibility index (Phi) is 6.84. The van der Waals surface area contributed by atoms with E-state index in [9.17, 15) is 4.79 Å². The van der Waals surface area contributed by atoms with E-state index in [1.807, 2.05) is 36.6 Å². The number of aryl methyl sites for hydroxylation is 3. The molecule has 2 aromatic carbocycles. The zero-order valence-corrected chi connectivity index (χ0v) is 20.8. The number of hydrogen-bond donors (Lipinski definition) is 1. The topological polar surface area (TPSA) is 54.9 Å². The summed E-state index contributed by atoms with van der Waals surface area (Å²) in [6.07, 6.45) is 0.692. The summed E-state index contributed by atoms with van der Waals surface area (Å²) in [6.45, 7) is 8.30. The second-order valence-corrected chi connectivity index (χ2v) is 10.3. The summed E-state index contributed by atoms with van der Waals surface area (Å²) >= 11 is 8.89. The molecule has 1 N–H and O–H groups in total. The summed E-state index contributed by atoms with van der Waals surface area (Å²) in [4.78, 5) is 22.4. The van der Waals surface area contributed by atoms with Gasteiger partial charge in [0.25, 0.3) is 0 Å². The predicted molar refractivity (Wildman–Crippen MR) is 137 cm³/mol. The normalized spacial score (nSPS) is 12.2. The number of aromatic nitrogens is 2. The maximum Gasteiger partial charge on any atom is 0.239 e. The number of thioether (sulfide) groups is 1.